The molecule has 0 unspecified atom stereocenters. The van der Waals surface area contributed by atoms with Crippen LogP contribution in [0.15, 0.2) is 34.5 Å². The van der Waals surface area contributed by atoms with Crippen molar-refractivity contribution in [2.45, 2.75) is 44.7 Å². The Morgan fingerprint density at radius 2 is 2.00 bits per heavy atom. The van der Waals surface area contributed by atoms with Crippen LogP contribution < -0.4 is 5.32 Å². The lowest BCUT2D eigenvalue weighted by molar-refractivity contribution is -0.116. The van der Waals surface area contributed by atoms with Crippen molar-refractivity contribution in [1.82, 2.24) is 10.2 Å². The molecule has 6 heteroatoms. The Hall–Kier alpha value is -1.66. The molecule has 0 bridgehead atoms. The van der Waals surface area contributed by atoms with Crippen LogP contribution in [-0.2, 0) is 11.3 Å². The normalized spacial score (nSPS) is 21.1. The molecule has 5 nitrogen and oxygen atoms in total. The van der Waals surface area contributed by atoms with Crippen LogP contribution in [0, 0.1) is 0 Å². The van der Waals surface area contributed by atoms with Gasteiger partial charge in [0.15, 0.2) is 5.17 Å². The number of amidine groups is 1. The first-order valence-electron chi connectivity index (χ1n) is 8.53. The number of carbonyl (C=O) groups is 1. The summed E-state index contributed by atoms with van der Waals surface area (Å²) in [4.78, 5) is 13.5. The van der Waals surface area contributed by atoms with E-state index in [-0.39, 0.29) is 5.91 Å². The molecule has 1 aromatic carbocycles. The highest BCUT2D eigenvalue weighted by Crippen LogP contribution is 2.22. The molecule has 1 aliphatic carbocycles. The topological polar surface area (TPSA) is 57.1 Å². The van der Waals surface area contributed by atoms with Crippen LogP contribution in [0.4, 0.5) is 0 Å². The lowest BCUT2D eigenvalue weighted by Gasteiger charge is -2.31. The van der Waals surface area contributed by atoms with Crippen LogP contribution >= 0.6 is 11.8 Å². The van der Waals surface area contributed by atoms with Crippen molar-refractivity contribution >= 4 is 29.1 Å². The second-order valence-corrected chi connectivity index (χ2v) is 7.40. The molecule has 3 rings (SSSR count). The third-order valence-corrected chi connectivity index (χ3v) is 5.42. The van der Waals surface area contributed by atoms with E-state index in [0.717, 1.165) is 18.2 Å². The molecule has 0 radical (unpaired) electrons. The molecule has 1 N–H and O–H groups in total. The molecule has 1 saturated carbocycles. The van der Waals surface area contributed by atoms with Crippen molar-refractivity contribution in [3.63, 3.8) is 0 Å². The minimum Gasteiger partial charge on any atom is -0.303 e. The van der Waals surface area contributed by atoms with E-state index in [1.807, 2.05) is 0 Å². The average molecular weight is 344 g/mol. The maximum atomic E-state index is 11.1. The van der Waals surface area contributed by atoms with E-state index in [2.05, 4.69) is 51.7 Å². The van der Waals surface area contributed by atoms with Crippen LogP contribution in [0.1, 0.15) is 43.2 Å². The summed E-state index contributed by atoms with van der Waals surface area (Å²) in [6, 6.07) is 9.16. The Bertz CT molecular complexity index is 620. The van der Waals surface area contributed by atoms with Gasteiger partial charge in [-0.15, -0.1) is 5.10 Å². The third-order valence-electron chi connectivity index (χ3n) is 4.55. The fourth-order valence-electron chi connectivity index (χ4n) is 3.18. The number of carbonyl (C=O) groups excluding carboxylic acids is 1. The van der Waals surface area contributed by atoms with Crippen molar-refractivity contribution in [3.05, 3.63) is 35.4 Å². The summed E-state index contributed by atoms with van der Waals surface area (Å²) in [5.74, 6) is 0.415. The van der Waals surface area contributed by atoms with Crippen LogP contribution in [0.25, 0.3) is 0 Å². The van der Waals surface area contributed by atoms with E-state index >= 15 is 0 Å². The summed E-state index contributed by atoms with van der Waals surface area (Å²) >= 11 is 1.38. The van der Waals surface area contributed by atoms with Gasteiger partial charge in [0.05, 0.1) is 12.0 Å². The number of thioether (sulfide) groups is 1. The van der Waals surface area contributed by atoms with E-state index in [9.17, 15) is 4.79 Å². The van der Waals surface area contributed by atoms with Gasteiger partial charge in [-0.2, -0.15) is 5.10 Å². The lowest BCUT2D eigenvalue weighted by Crippen LogP contribution is -2.32. The molecule has 2 aliphatic rings. The smallest absolute Gasteiger partial charge is 0.236 e. The van der Waals surface area contributed by atoms with Crippen molar-refractivity contribution in [3.8, 4) is 0 Å². The Morgan fingerprint density at radius 3 is 2.67 bits per heavy atom. The zero-order valence-corrected chi connectivity index (χ0v) is 14.9. The molecule has 24 heavy (non-hydrogen) atoms. The largest absolute Gasteiger partial charge is 0.303 e. The summed E-state index contributed by atoms with van der Waals surface area (Å²) in [5, 5.41) is 11.3. The maximum absolute atomic E-state index is 11.1. The Balaban J connectivity index is 1.52. The highest BCUT2D eigenvalue weighted by atomic mass is 32.2. The SMILES string of the molecule is CN(Cc1ccc(C=NN=C2NC(=O)CS2)cc1)C1CCCCC1. The molecule has 1 aromatic rings. The second kappa shape index (κ2) is 8.44. The minimum absolute atomic E-state index is 0.0135. The molecular weight excluding hydrogens is 320 g/mol. The highest BCUT2D eigenvalue weighted by Gasteiger charge is 2.18. The third kappa shape index (κ3) is 4.92. The van der Waals surface area contributed by atoms with Gasteiger partial charge in [0.1, 0.15) is 0 Å². The van der Waals surface area contributed by atoms with Gasteiger partial charge in [-0.1, -0.05) is 55.3 Å². The van der Waals surface area contributed by atoms with Crippen molar-refractivity contribution in [1.29, 1.82) is 0 Å². The summed E-state index contributed by atoms with van der Waals surface area (Å²) in [6.45, 7) is 0.993. The highest BCUT2D eigenvalue weighted by molar-refractivity contribution is 8.15. The standard InChI is InChI=1S/C18H24N4OS/c1-22(16-5-3-2-4-6-16)12-15-9-7-14(8-10-15)11-19-21-18-20-17(23)13-24-18/h7-11,16H,2-6,12-13H2,1H3,(H,20,21,23). The number of nitrogens with one attached hydrogen (secondary N) is 1. The van der Waals surface area contributed by atoms with Crippen molar-refractivity contribution in [2.75, 3.05) is 12.8 Å². The summed E-state index contributed by atoms with van der Waals surface area (Å²) < 4.78 is 0. The van der Waals surface area contributed by atoms with E-state index in [0.29, 0.717) is 10.9 Å². The molecule has 1 heterocycles. The van der Waals surface area contributed by atoms with Gasteiger partial charge in [-0.05, 0) is 31.0 Å². The number of nitrogens with zero attached hydrogens (tertiary/aromatic N) is 3. The predicted octanol–water partition coefficient (Wildman–Crippen LogP) is 3.00. The van der Waals surface area contributed by atoms with Gasteiger partial charge >= 0.3 is 0 Å². The van der Waals surface area contributed by atoms with Gasteiger partial charge < -0.3 is 5.32 Å². The van der Waals surface area contributed by atoms with E-state index in [4.69, 9.17) is 0 Å². The van der Waals surface area contributed by atoms with Gasteiger partial charge in [0, 0.05) is 12.6 Å². The maximum Gasteiger partial charge on any atom is 0.236 e. The molecule has 1 amide bonds. The monoisotopic (exact) mass is 344 g/mol. The Kier molecular flexibility index (Phi) is 6.04. The molecule has 2 fully saturated rings. The van der Waals surface area contributed by atoms with Gasteiger partial charge in [0.25, 0.3) is 0 Å². The van der Waals surface area contributed by atoms with E-state index in [1.165, 1.54) is 49.4 Å². The minimum atomic E-state index is -0.0135. The summed E-state index contributed by atoms with van der Waals surface area (Å²) in [6.07, 6.45) is 8.50. The molecule has 128 valence electrons. The summed E-state index contributed by atoms with van der Waals surface area (Å²) in [7, 11) is 2.23. The van der Waals surface area contributed by atoms with Gasteiger partial charge in [-0.25, -0.2) is 0 Å². The second-order valence-electron chi connectivity index (χ2n) is 6.44. The zero-order chi connectivity index (χ0) is 16.8. The van der Waals surface area contributed by atoms with E-state index in [1.54, 1.807) is 6.21 Å². The Morgan fingerprint density at radius 1 is 1.25 bits per heavy atom. The number of amides is 1. The summed E-state index contributed by atoms with van der Waals surface area (Å²) in [5.41, 5.74) is 2.34. The van der Waals surface area contributed by atoms with Crippen molar-refractivity contribution < 1.29 is 4.79 Å². The fourth-order valence-corrected chi connectivity index (χ4v) is 3.81. The lowest BCUT2D eigenvalue weighted by atomic mass is 9.94. The van der Waals surface area contributed by atoms with Crippen LogP contribution in [0.2, 0.25) is 0 Å². The molecule has 1 saturated heterocycles. The predicted molar refractivity (Wildman–Crippen MR) is 100 cm³/mol. The van der Waals surface area contributed by atoms with Gasteiger partial charge in [-0.3, -0.25) is 9.69 Å². The zero-order valence-electron chi connectivity index (χ0n) is 14.1. The average Bonchev–Trinajstić information content (AvgIpc) is 3.02. The Labute approximate surface area is 147 Å². The van der Waals surface area contributed by atoms with Crippen LogP contribution in [-0.4, -0.2) is 41.0 Å². The molecule has 1 aliphatic heterocycles. The van der Waals surface area contributed by atoms with Gasteiger partial charge in [0.2, 0.25) is 5.91 Å². The van der Waals surface area contributed by atoms with Crippen molar-refractivity contribution in [2.24, 2.45) is 10.2 Å². The number of hydrogen-bond donors (Lipinski definition) is 1. The first kappa shape index (κ1) is 17.2. The quantitative estimate of drug-likeness (QED) is 0.660. The van der Waals surface area contributed by atoms with E-state index < -0.39 is 0 Å². The number of hydrogen-bond acceptors (Lipinski definition) is 5. The molecular formula is C18H24N4OS. The fraction of sp³-hybridized carbons (Fsp3) is 0.500. The number of rotatable bonds is 5. The first-order chi connectivity index (χ1) is 11.7. The van der Waals surface area contributed by atoms with Crippen LogP contribution in [0.3, 0.4) is 0 Å². The molecule has 0 aromatic heterocycles. The molecule has 0 spiro atoms. The van der Waals surface area contributed by atoms with Crippen LogP contribution in [0.5, 0.6) is 0 Å². The first-order valence-corrected chi connectivity index (χ1v) is 9.52. The number of benzene rings is 1. The molecule has 0 atom stereocenters.